The van der Waals surface area contributed by atoms with E-state index in [2.05, 4.69) is 39.1 Å². The van der Waals surface area contributed by atoms with Gasteiger partial charge in [0.05, 0.1) is 23.4 Å². The first-order valence-corrected chi connectivity index (χ1v) is 7.64. The third-order valence-electron chi connectivity index (χ3n) is 3.72. The topological polar surface area (TPSA) is 62.1 Å². The van der Waals surface area contributed by atoms with Crippen LogP contribution in [0.25, 0.3) is 0 Å². The number of hydrogen-bond acceptors (Lipinski definition) is 3. The molecule has 0 bridgehead atoms. The second kappa shape index (κ2) is 7.31. The third-order valence-corrected chi connectivity index (χ3v) is 3.72. The van der Waals surface area contributed by atoms with Crippen LogP contribution in [-0.4, -0.2) is 12.0 Å². The van der Waals surface area contributed by atoms with Gasteiger partial charge in [-0.15, -0.1) is 0 Å². The summed E-state index contributed by atoms with van der Waals surface area (Å²) in [6.07, 6.45) is 0.429. The number of anilines is 1. The number of nitrogens with one attached hydrogen (secondary N) is 1. The normalized spacial score (nSPS) is 12.6. The molecular weight excluding hydrogens is 276 g/mol. The highest BCUT2D eigenvalue weighted by molar-refractivity contribution is 5.92. The Morgan fingerprint density at radius 2 is 1.95 bits per heavy atom. The van der Waals surface area contributed by atoms with Crippen LogP contribution in [0, 0.1) is 22.7 Å². The molecule has 0 saturated carbocycles. The van der Waals surface area contributed by atoms with Crippen LogP contribution in [0.15, 0.2) is 18.2 Å². The Morgan fingerprint density at radius 1 is 1.32 bits per heavy atom. The van der Waals surface area contributed by atoms with E-state index in [1.807, 2.05) is 13.8 Å². The molecule has 0 heterocycles. The summed E-state index contributed by atoms with van der Waals surface area (Å²) < 4.78 is 5.69. The first-order valence-electron chi connectivity index (χ1n) is 7.64. The molecule has 4 nitrogen and oxygen atoms in total. The standard InChI is InChI=1S/C18H26N2O2/c1-12(2)22-16-8-7-14(11-19)10-15(16)20-17(21)9-13(3)18(4,5)6/h7-8,10,12-13H,9H2,1-6H3,(H,20,21). The van der Waals surface area contributed by atoms with Gasteiger partial charge in [0.1, 0.15) is 5.75 Å². The van der Waals surface area contributed by atoms with E-state index in [0.29, 0.717) is 23.4 Å². The van der Waals surface area contributed by atoms with Crippen molar-refractivity contribution in [2.75, 3.05) is 5.32 Å². The summed E-state index contributed by atoms with van der Waals surface area (Å²) in [6.45, 7) is 12.3. The van der Waals surface area contributed by atoms with E-state index >= 15 is 0 Å². The largest absolute Gasteiger partial charge is 0.489 e. The van der Waals surface area contributed by atoms with Crippen molar-refractivity contribution in [2.24, 2.45) is 11.3 Å². The van der Waals surface area contributed by atoms with Crippen molar-refractivity contribution < 1.29 is 9.53 Å². The van der Waals surface area contributed by atoms with Gasteiger partial charge in [0.25, 0.3) is 0 Å². The molecule has 1 amide bonds. The zero-order valence-electron chi connectivity index (χ0n) is 14.4. The van der Waals surface area contributed by atoms with Crippen molar-refractivity contribution in [1.82, 2.24) is 0 Å². The Morgan fingerprint density at radius 3 is 2.45 bits per heavy atom. The highest BCUT2D eigenvalue weighted by Gasteiger charge is 2.23. The summed E-state index contributed by atoms with van der Waals surface area (Å²) in [7, 11) is 0. The predicted octanol–water partition coefficient (Wildman–Crippen LogP) is 4.36. The van der Waals surface area contributed by atoms with Gasteiger partial charge in [-0.2, -0.15) is 5.26 Å². The lowest BCUT2D eigenvalue weighted by Gasteiger charge is -2.26. The fourth-order valence-electron chi connectivity index (χ4n) is 1.84. The van der Waals surface area contributed by atoms with Crippen LogP contribution in [-0.2, 0) is 4.79 Å². The van der Waals surface area contributed by atoms with Gasteiger partial charge in [-0.1, -0.05) is 27.7 Å². The number of ether oxygens (including phenoxy) is 1. The Hall–Kier alpha value is -2.02. The van der Waals surface area contributed by atoms with Crippen molar-refractivity contribution >= 4 is 11.6 Å². The number of rotatable bonds is 5. The zero-order chi connectivity index (χ0) is 16.9. The molecule has 0 fully saturated rings. The van der Waals surface area contributed by atoms with Crippen LogP contribution in [0.1, 0.15) is 53.5 Å². The number of carbonyl (C=O) groups is 1. The van der Waals surface area contributed by atoms with Crippen molar-refractivity contribution in [2.45, 2.75) is 54.1 Å². The fraction of sp³-hybridized carbons (Fsp3) is 0.556. The Kier molecular flexibility index (Phi) is 5.99. The lowest BCUT2D eigenvalue weighted by atomic mass is 9.80. The first-order chi connectivity index (χ1) is 10.1. The van der Waals surface area contributed by atoms with Gasteiger partial charge in [0.15, 0.2) is 0 Å². The van der Waals surface area contributed by atoms with E-state index in [1.165, 1.54) is 0 Å². The quantitative estimate of drug-likeness (QED) is 0.879. The maximum Gasteiger partial charge on any atom is 0.224 e. The van der Waals surface area contributed by atoms with Gasteiger partial charge in [-0.05, 0) is 43.4 Å². The average Bonchev–Trinajstić information content (AvgIpc) is 2.38. The summed E-state index contributed by atoms with van der Waals surface area (Å²) in [5.41, 5.74) is 1.12. The van der Waals surface area contributed by atoms with Crippen molar-refractivity contribution in [3.05, 3.63) is 23.8 Å². The van der Waals surface area contributed by atoms with E-state index < -0.39 is 0 Å². The minimum absolute atomic E-state index is 0.00270. The highest BCUT2D eigenvalue weighted by Crippen LogP contribution is 2.30. The van der Waals surface area contributed by atoms with Crippen molar-refractivity contribution in [3.63, 3.8) is 0 Å². The molecule has 0 saturated heterocycles. The van der Waals surface area contributed by atoms with Crippen LogP contribution < -0.4 is 10.1 Å². The minimum Gasteiger partial charge on any atom is -0.489 e. The summed E-state index contributed by atoms with van der Waals surface area (Å²) in [5, 5.41) is 11.9. The predicted molar refractivity (Wildman–Crippen MR) is 88.8 cm³/mol. The van der Waals surface area contributed by atoms with Gasteiger partial charge in [0, 0.05) is 6.42 Å². The molecule has 1 N–H and O–H groups in total. The molecule has 1 aromatic rings. The van der Waals surface area contributed by atoms with E-state index in [0.717, 1.165) is 0 Å². The summed E-state index contributed by atoms with van der Waals surface area (Å²) in [4.78, 5) is 12.3. The van der Waals surface area contributed by atoms with E-state index in [4.69, 9.17) is 10.00 Å². The molecule has 0 aliphatic rings. The van der Waals surface area contributed by atoms with Crippen LogP contribution in [0.2, 0.25) is 0 Å². The summed E-state index contributed by atoms with van der Waals surface area (Å²) in [6, 6.07) is 7.14. The number of carbonyl (C=O) groups excluding carboxylic acids is 1. The molecule has 0 radical (unpaired) electrons. The SMILES string of the molecule is CC(C)Oc1ccc(C#N)cc1NC(=O)CC(C)C(C)(C)C. The fourth-order valence-corrected chi connectivity index (χ4v) is 1.84. The smallest absolute Gasteiger partial charge is 0.224 e. The molecule has 0 spiro atoms. The molecule has 0 aliphatic heterocycles. The summed E-state index contributed by atoms with van der Waals surface area (Å²) >= 11 is 0. The lowest BCUT2D eigenvalue weighted by molar-refractivity contribution is -0.117. The van der Waals surface area contributed by atoms with Gasteiger partial charge >= 0.3 is 0 Å². The highest BCUT2D eigenvalue weighted by atomic mass is 16.5. The zero-order valence-corrected chi connectivity index (χ0v) is 14.4. The third kappa shape index (κ3) is 5.40. The second-order valence-corrected chi connectivity index (χ2v) is 7.01. The van der Waals surface area contributed by atoms with Gasteiger partial charge in [0.2, 0.25) is 5.91 Å². The van der Waals surface area contributed by atoms with Gasteiger partial charge < -0.3 is 10.1 Å². The van der Waals surface area contributed by atoms with Crippen LogP contribution >= 0.6 is 0 Å². The molecule has 1 unspecified atom stereocenters. The number of benzene rings is 1. The van der Waals surface area contributed by atoms with Gasteiger partial charge in [-0.3, -0.25) is 4.79 Å². The molecule has 4 heteroatoms. The number of nitriles is 1. The van der Waals surface area contributed by atoms with Crippen molar-refractivity contribution in [3.8, 4) is 11.8 Å². The van der Waals surface area contributed by atoms with E-state index in [9.17, 15) is 4.79 Å². The van der Waals surface area contributed by atoms with Crippen molar-refractivity contribution in [1.29, 1.82) is 5.26 Å². The minimum atomic E-state index is -0.0638. The second-order valence-electron chi connectivity index (χ2n) is 7.01. The van der Waals surface area contributed by atoms with Crippen LogP contribution in [0.5, 0.6) is 5.75 Å². The van der Waals surface area contributed by atoms with Gasteiger partial charge in [-0.25, -0.2) is 0 Å². The number of amides is 1. The monoisotopic (exact) mass is 302 g/mol. The maximum atomic E-state index is 12.3. The molecule has 22 heavy (non-hydrogen) atoms. The molecule has 0 aromatic heterocycles. The number of hydrogen-bond donors (Lipinski definition) is 1. The molecular formula is C18H26N2O2. The Labute approximate surface area is 133 Å². The maximum absolute atomic E-state index is 12.3. The van der Waals surface area contributed by atoms with Crippen LogP contribution in [0.3, 0.4) is 0 Å². The lowest BCUT2D eigenvalue weighted by Crippen LogP contribution is -2.24. The molecule has 1 aromatic carbocycles. The summed E-state index contributed by atoms with van der Waals surface area (Å²) in [5.74, 6) is 0.776. The first kappa shape index (κ1) is 18.0. The Balaban J connectivity index is 2.91. The molecule has 1 atom stereocenters. The van der Waals surface area contributed by atoms with E-state index in [1.54, 1.807) is 18.2 Å². The average molecular weight is 302 g/mol. The molecule has 120 valence electrons. The molecule has 0 aliphatic carbocycles. The number of nitrogens with zero attached hydrogens (tertiary/aromatic N) is 1. The molecule has 1 rings (SSSR count). The van der Waals surface area contributed by atoms with Crippen LogP contribution in [0.4, 0.5) is 5.69 Å². The Bertz CT molecular complexity index is 565. The van der Waals surface area contributed by atoms with E-state index in [-0.39, 0.29) is 23.3 Å².